The smallest absolute Gasteiger partial charge is 0.179 e. The van der Waals surface area contributed by atoms with Gasteiger partial charge >= 0.3 is 0 Å². The lowest BCUT2D eigenvalue weighted by Crippen LogP contribution is -2.35. The van der Waals surface area contributed by atoms with E-state index in [1.54, 1.807) is 7.11 Å². The SMILES string of the molecule is COc1cccc2c1CCC(N)C2=O. The van der Waals surface area contributed by atoms with Gasteiger partial charge in [0.25, 0.3) is 0 Å². The van der Waals surface area contributed by atoms with Crippen LogP contribution in [0.2, 0.25) is 0 Å². The zero-order valence-corrected chi connectivity index (χ0v) is 8.12. The van der Waals surface area contributed by atoms with Gasteiger partial charge in [0.2, 0.25) is 0 Å². The molecule has 0 saturated carbocycles. The molecule has 14 heavy (non-hydrogen) atoms. The minimum Gasteiger partial charge on any atom is -0.496 e. The van der Waals surface area contributed by atoms with E-state index in [1.165, 1.54) is 0 Å². The molecule has 0 radical (unpaired) electrons. The van der Waals surface area contributed by atoms with Gasteiger partial charge in [0.1, 0.15) is 5.75 Å². The Morgan fingerprint density at radius 2 is 2.29 bits per heavy atom. The molecular formula is C11H13NO2. The maximum absolute atomic E-state index is 11.7. The Morgan fingerprint density at radius 1 is 1.50 bits per heavy atom. The molecule has 0 saturated heterocycles. The highest BCUT2D eigenvalue weighted by Gasteiger charge is 2.26. The number of carbonyl (C=O) groups excluding carboxylic acids is 1. The van der Waals surface area contributed by atoms with Crippen molar-refractivity contribution in [2.24, 2.45) is 5.73 Å². The zero-order valence-electron chi connectivity index (χ0n) is 8.12. The Hall–Kier alpha value is -1.35. The van der Waals surface area contributed by atoms with E-state index in [0.29, 0.717) is 6.42 Å². The predicted octanol–water partition coefficient (Wildman–Crippen LogP) is 1.15. The molecule has 0 aromatic heterocycles. The summed E-state index contributed by atoms with van der Waals surface area (Å²) < 4.78 is 5.20. The molecule has 0 amide bonds. The van der Waals surface area contributed by atoms with Crippen molar-refractivity contribution >= 4 is 5.78 Å². The number of fused-ring (bicyclic) bond motifs is 1. The van der Waals surface area contributed by atoms with Gasteiger partial charge in [-0.3, -0.25) is 4.79 Å². The van der Waals surface area contributed by atoms with Crippen LogP contribution in [0.3, 0.4) is 0 Å². The minimum absolute atomic E-state index is 0.0325. The fourth-order valence-corrected chi connectivity index (χ4v) is 1.88. The average Bonchev–Trinajstić information content (AvgIpc) is 2.23. The van der Waals surface area contributed by atoms with Crippen LogP contribution in [-0.2, 0) is 6.42 Å². The van der Waals surface area contributed by atoms with Crippen LogP contribution in [0, 0.1) is 0 Å². The van der Waals surface area contributed by atoms with E-state index in [0.717, 1.165) is 23.3 Å². The normalized spacial score (nSPS) is 20.4. The third kappa shape index (κ3) is 1.30. The summed E-state index contributed by atoms with van der Waals surface area (Å²) in [5, 5.41) is 0. The molecule has 0 spiro atoms. The van der Waals surface area contributed by atoms with E-state index in [1.807, 2.05) is 18.2 Å². The van der Waals surface area contributed by atoms with Crippen molar-refractivity contribution in [3.8, 4) is 5.75 Å². The number of carbonyl (C=O) groups is 1. The van der Waals surface area contributed by atoms with E-state index in [4.69, 9.17) is 10.5 Å². The first kappa shape index (κ1) is 9.21. The molecule has 1 aromatic carbocycles. The fourth-order valence-electron chi connectivity index (χ4n) is 1.88. The molecule has 2 rings (SSSR count). The molecule has 74 valence electrons. The van der Waals surface area contributed by atoms with Crippen LogP contribution >= 0.6 is 0 Å². The number of methoxy groups -OCH3 is 1. The molecular weight excluding hydrogens is 178 g/mol. The van der Waals surface area contributed by atoms with Crippen molar-refractivity contribution in [1.29, 1.82) is 0 Å². The van der Waals surface area contributed by atoms with E-state index in [2.05, 4.69) is 0 Å². The van der Waals surface area contributed by atoms with Crippen molar-refractivity contribution in [3.05, 3.63) is 29.3 Å². The summed E-state index contributed by atoms with van der Waals surface area (Å²) in [4.78, 5) is 11.7. The highest BCUT2D eigenvalue weighted by molar-refractivity contribution is 6.02. The van der Waals surface area contributed by atoms with Gasteiger partial charge in [-0.2, -0.15) is 0 Å². The number of ketones is 1. The van der Waals surface area contributed by atoms with Gasteiger partial charge in [-0.05, 0) is 18.9 Å². The Morgan fingerprint density at radius 3 is 3.00 bits per heavy atom. The number of hydrogen-bond acceptors (Lipinski definition) is 3. The number of rotatable bonds is 1. The third-order valence-electron chi connectivity index (χ3n) is 2.66. The molecule has 1 atom stereocenters. The van der Waals surface area contributed by atoms with Crippen molar-refractivity contribution in [2.75, 3.05) is 7.11 Å². The highest BCUT2D eigenvalue weighted by atomic mass is 16.5. The van der Waals surface area contributed by atoms with Crippen LogP contribution in [0.25, 0.3) is 0 Å². The molecule has 3 heteroatoms. The van der Waals surface area contributed by atoms with Crippen molar-refractivity contribution < 1.29 is 9.53 Å². The Balaban J connectivity index is 2.52. The second-order valence-corrected chi connectivity index (χ2v) is 3.50. The zero-order chi connectivity index (χ0) is 10.1. The summed E-state index contributed by atoms with van der Waals surface area (Å²) in [6.45, 7) is 0. The van der Waals surface area contributed by atoms with Crippen LogP contribution < -0.4 is 10.5 Å². The number of ether oxygens (including phenoxy) is 1. The first-order valence-corrected chi connectivity index (χ1v) is 4.69. The molecule has 0 heterocycles. The average molecular weight is 191 g/mol. The second kappa shape index (κ2) is 3.42. The quantitative estimate of drug-likeness (QED) is 0.724. The van der Waals surface area contributed by atoms with Gasteiger partial charge in [-0.15, -0.1) is 0 Å². The lowest BCUT2D eigenvalue weighted by Gasteiger charge is -2.21. The topological polar surface area (TPSA) is 52.3 Å². The first-order valence-electron chi connectivity index (χ1n) is 4.69. The summed E-state index contributed by atoms with van der Waals surface area (Å²) in [5.41, 5.74) is 7.42. The highest BCUT2D eigenvalue weighted by Crippen LogP contribution is 2.28. The first-order chi connectivity index (χ1) is 6.74. The van der Waals surface area contributed by atoms with Gasteiger partial charge in [0.05, 0.1) is 13.2 Å². The number of nitrogens with two attached hydrogens (primary N) is 1. The van der Waals surface area contributed by atoms with Crippen LogP contribution in [0.5, 0.6) is 5.75 Å². The maximum atomic E-state index is 11.7. The molecule has 0 aliphatic heterocycles. The van der Waals surface area contributed by atoms with E-state index in [9.17, 15) is 4.79 Å². The monoisotopic (exact) mass is 191 g/mol. The van der Waals surface area contributed by atoms with Gasteiger partial charge in [-0.1, -0.05) is 12.1 Å². The Labute approximate surface area is 82.9 Å². The van der Waals surface area contributed by atoms with Crippen LogP contribution in [0.4, 0.5) is 0 Å². The summed E-state index contributed by atoms with van der Waals surface area (Å²) in [6, 6.07) is 5.19. The molecule has 3 nitrogen and oxygen atoms in total. The lowest BCUT2D eigenvalue weighted by molar-refractivity contribution is 0.0947. The lowest BCUT2D eigenvalue weighted by atomic mass is 9.87. The molecule has 1 aromatic rings. The summed E-state index contributed by atoms with van der Waals surface area (Å²) in [5.74, 6) is 0.827. The third-order valence-corrected chi connectivity index (χ3v) is 2.66. The number of hydrogen-bond donors (Lipinski definition) is 1. The molecule has 1 unspecified atom stereocenters. The van der Waals surface area contributed by atoms with Gasteiger partial charge in [0.15, 0.2) is 5.78 Å². The Bertz CT molecular complexity index is 374. The minimum atomic E-state index is -0.338. The number of Topliss-reactive ketones (excluding diaryl/α,β-unsaturated/α-hetero) is 1. The van der Waals surface area contributed by atoms with Crippen molar-refractivity contribution in [2.45, 2.75) is 18.9 Å². The van der Waals surface area contributed by atoms with Gasteiger partial charge in [0, 0.05) is 11.1 Å². The van der Waals surface area contributed by atoms with Crippen molar-refractivity contribution in [3.63, 3.8) is 0 Å². The second-order valence-electron chi connectivity index (χ2n) is 3.50. The summed E-state index contributed by atoms with van der Waals surface area (Å²) >= 11 is 0. The molecule has 0 fully saturated rings. The number of benzene rings is 1. The van der Waals surface area contributed by atoms with Gasteiger partial charge < -0.3 is 10.5 Å². The Kier molecular flexibility index (Phi) is 2.25. The fraction of sp³-hybridized carbons (Fsp3) is 0.364. The van der Waals surface area contributed by atoms with Crippen LogP contribution in [0.15, 0.2) is 18.2 Å². The van der Waals surface area contributed by atoms with E-state index < -0.39 is 0 Å². The molecule has 2 N–H and O–H groups in total. The predicted molar refractivity (Wildman–Crippen MR) is 53.6 cm³/mol. The van der Waals surface area contributed by atoms with E-state index in [-0.39, 0.29) is 11.8 Å². The summed E-state index contributed by atoms with van der Waals surface area (Å²) in [7, 11) is 1.62. The largest absolute Gasteiger partial charge is 0.496 e. The molecule has 1 aliphatic rings. The van der Waals surface area contributed by atoms with Crippen LogP contribution in [-0.4, -0.2) is 18.9 Å². The molecule has 0 bridgehead atoms. The van der Waals surface area contributed by atoms with Gasteiger partial charge in [-0.25, -0.2) is 0 Å². The summed E-state index contributed by atoms with van der Waals surface area (Å²) in [6.07, 6.45) is 1.54. The maximum Gasteiger partial charge on any atom is 0.179 e. The molecule has 1 aliphatic carbocycles. The standard InChI is InChI=1S/C11H13NO2/c1-14-10-4-2-3-8-7(10)5-6-9(12)11(8)13/h2-4,9H,5-6,12H2,1H3. The van der Waals surface area contributed by atoms with Crippen molar-refractivity contribution in [1.82, 2.24) is 0 Å². The van der Waals surface area contributed by atoms with Crippen LogP contribution in [0.1, 0.15) is 22.3 Å². The van der Waals surface area contributed by atoms with E-state index >= 15 is 0 Å².